The van der Waals surface area contributed by atoms with Gasteiger partial charge in [0, 0.05) is 51.4 Å². The van der Waals surface area contributed by atoms with Crippen LogP contribution in [-0.2, 0) is 29.3 Å². The molecule has 4 saturated heterocycles. The Bertz CT molecular complexity index is 2680. The first kappa shape index (κ1) is 43.7. The van der Waals surface area contributed by atoms with Crippen molar-refractivity contribution in [2.45, 2.75) is 100.0 Å². The van der Waals surface area contributed by atoms with Crippen molar-refractivity contribution in [1.82, 2.24) is 24.1 Å². The number of carbonyl (C=O) groups is 2. The number of fused-ring (bicyclic) bond motifs is 1. The number of imide groups is 1. The van der Waals surface area contributed by atoms with Crippen molar-refractivity contribution in [1.29, 1.82) is 5.26 Å². The molecule has 9 rings (SSSR count). The maximum atomic E-state index is 15.4. The van der Waals surface area contributed by atoms with Crippen molar-refractivity contribution >= 4 is 44.3 Å². The second-order valence-electron chi connectivity index (χ2n) is 17.5. The molecule has 1 saturated carbocycles. The predicted octanol–water partition coefficient (Wildman–Crippen LogP) is 5.46. The average molecular weight is 901 g/mol. The number of ether oxygens (including phenoxy) is 3. The number of hydrogen-bond donors (Lipinski definition) is 3. The maximum absolute atomic E-state index is 15.4. The van der Waals surface area contributed by atoms with Crippen LogP contribution in [0.5, 0.6) is 11.5 Å². The molecule has 0 bridgehead atoms. The van der Waals surface area contributed by atoms with Gasteiger partial charge in [-0.25, -0.2) is 13.8 Å². The summed E-state index contributed by atoms with van der Waals surface area (Å²) < 4.78 is 79.7. The number of benzene rings is 3. The third kappa shape index (κ3) is 8.81. The number of halogens is 2. The van der Waals surface area contributed by atoms with Crippen LogP contribution in [0.1, 0.15) is 87.3 Å². The van der Waals surface area contributed by atoms with Gasteiger partial charge in [0.05, 0.1) is 47.3 Å². The molecule has 1 aromatic heterocycles. The van der Waals surface area contributed by atoms with Crippen molar-refractivity contribution in [3.05, 3.63) is 88.0 Å². The number of amides is 2. The molecule has 19 heteroatoms. The summed E-state index contributed by atoms with van der Waals surface area (Å²) in [5.41, 5.74) is 0.375. The topological polar surface area (TPSA) is 197 Å². The number of rotatable bonds is 11. The Labute approximate surface area is 369 Å². The number of carbonyl (C=O) groups excluding carboxylic acids is 2. The molecule has 338 valence electrons. The molecule has 16 nitrogen and oxygen atoms in total. The Morgan fingerprint density at radius 3 is 2.47 bits per heavy atom. The predicted molar refractivity (Wildman–Crippen MR) is 231 cm³/mol. The molecular weight excluding hydrogens is 851 g/mol. The Balaban J connectivity index is 0.810. The van der Waals surface area contributed by atoms with Gasteiger partial charge in [0.2, 0.25) is 11.8 Å². The standard InChI is InChI=1S/C45H50F2N8O8S/c1-61-32-14-17-54(24-32)64(59,60)52-39-11-9-36(46)42(35(39)23-48)63-31-7-10-38-34(21-31)44(58)55(26-49-38)30-22-45(62-25-30)15-18-53(19-16-45)29-5-2-27(3-6-29)33-8-4-28(20-37(33)47)50-40-12-13-41(56)51-43(40)57/h4,7-11,20-21,26-27,29-30,32,40,50,52H,2-3,5-6,12-19,22,24-25H2,1H3,(H,51,56,57)/t27?,29?,30-,32-,40?/m1/s1. The molecule has 3 atom stereocenters. The van der Waals surface area contributed by atoms with Gasteiger partial charge in [-0.3, -0.25) is 29.0 Å². The zero-order valence-corrected chi connectivity index (χ0v) is 36.2. The van der Waals surface area contributed by atoms with E-state index in [0.29, 0.717) is 48.7 Å². The lowest BCUT2D eigenvalue weighted by molar-refractivity contribution is -0.133. The lowest BCUT2D eigenvalue weighted by Crippen LogP contribution is -2.49. The van der Waals surface area contributed by atoms with E-state index in [0.717, 1.165) is 63.7 Å². The molecule has 1 unspecified atom stereocenters. The normalized spacial score (nSPS) is 25.3. The number of nitriles is 1. The quantitative estimate of drug-likeness (QED) is 0.161. The zero-order valence-electron chi connectivity index (χ0n) is 35.4. The van der Waals surface area contributed by atoms with Gasteiger partial charge in [0.25, 0.3) is 5.56 Å². The van der Waals surface area contributed by atoms with Crippen LogP contribution in [0, 0.1) is 23.0 Å². The van der Waals surface area contributed by atoms with Gasteiger partial charge in [-0.15, -0.1) is 0 Å². The Hall–Kier alpha value is -5.52. The van der Waals surface area contributed by atoms with Crippen molar-refractivity contribution in [2.24, 2.45) is 0 Å². The highest BCUT2D eigenvalue weighted by Gasteiger charge is 2.45. The molecule has 3 aromatic carbocycles. The molecule has 1 aliphatic carbocycles. The van der Waals surface area contributed by atoms with Crippen LogP contribution in [0.25, 0.3) is 10.9 Å². The van der Waals surface area contributed by atoms with E-state index in [1.807, 2.05) is 18.2 Å². The summed E-state index contributed by atoms with van der Waals surface area (Å²) in [4.78, 5) is 44.7. The average Bonchev–Trinajstić information content (AvgIpc) is 3.95. The Morgan fingerprint density at radius 1 is 0.953 bits per heavy atom. The van der Waals surface area contributed by atoms with Crippen LogP contribution in [-0.4, -0.2) is 103 Å². The number of nitrogens with one attached hydrogen (secondary N) is 3. The van der Waals surface area contributed by atoms with Gasteiger partial charge >= 0.3 is 10.2 Å². The number of likely N-dealkylation sites (tertiary alicyclic amines) is 1. The van der Waals surface area contributed by atoms with E-state index in [1.165, 1.54) is 35.9 Å². The number of methoxy groups -OCH3 is 1. The first-order valence-electron chi connectivity index (χ1n) is 21.8. The van der Waals surface area contributed by atoms with E-state index in [9.17, 15) is 28.1 Å². The Kier molecular flexibility index (Phi) is 12.2. The highest BCUT2D eigenvalue weighted by Crippen LogP contribution is 2.43. The fourth-order valence-electron chi connectivity index (χ4n) is 10.1. The van der Waals surface area contributed by atoms with Crippen LogP contribution >= 0.6 is 0 Å². The first-order valence-corrected chi connectivity index (χ1v) is 23.3. The van der Waals surface area contributed by atoms with Crippen LogP contribution in [0.15, 0.2) is 59.7 Å². The minimum absolute atomic E-state index is 0.0601. The number of nitrogens with zero attached hydrogens (tertiary/aromatic N) is 5. The van der Waals surface area contributed by atoms with Crippen LogP contribution in [0.3, 0.4) is 0 Å². The van der Waals surface area contributed by atoms with E-state index in [1.54, 1.807) is 10.6 Å². The van der Waals surface area contributed by atoms with Gasteiger partial charge < -0.3 is 24.4 Å². The highest BCUT2D eigenvalue weighted by molar-refractivity contribution is 7.90. The number of hydrogen-bond acceptors (Lipinski definition) is 12. The largest absolute Gasteiger partial charge is 0.453 e. The van der Waals surface area contributed by atoms with Gasteiger partial charge in [-0.1, -0.05) is 6.07 Å². The maximum Gasteiger partial charge on any atom is 0.301 e. The fourth-order valence-corrected chi connectivity index (χ4v) is 11.4. The van der Waals surface area contributed by atoms with Crippen molar-refractivity contribution in [2.75, 3.05) is 49.9 Å². The van der Waals surface area contributed by atoms with E-state index in [-0.39, 0.29) is 82.8 Å². The molecule has 3 N–H and O–H groups in total. The van der Waals surface area contributed by atoms with Gasteiger partial charge in [-0.05, 0) is 112 Å². The summed E-state index contributed by atoms with van der Waals surface area (Å²) in [5.74, 6) is -2.20. The molecule has 5 fully saturated rings. The van der Waals surface area contributed by atoms with Crippen molar-refractivity contribution in [3.63, 3.8) is 0 Å². The van der Waals surface area contributed by atoms with Gasteiger partial charge in [0.1, 0.15) is 29.2 Å². The lowest BCUT2D eigenvalue weighted by atomic mass is 9.79. The monoisotopic (exact) mass is 900 g/mol. The summed E-state index contributed by atoms with van der Waals surface area (Å²) in [6.07, 6.45) is 8.26. The molecule has 0 radical (unpaired) electrons. The van der Waals surface area contributed by atoms with Gasteiger partial charge in [-0.2, -0.15) is 18.0 Å². The SMILES string of the molecule is CO[C@@H]1CCN(S(=O)(=O)Nc2ccc(F)c(Oc3ccc4ncn([C@H]5COC6(CCN(C7CCC(c8ccc(NC9CCC(=O)NC9=O)cc8F)CC7)CC6)C5)c(=O)c4c3)c2C#N)C1. The van der Waals surface area contributed by atoms with E-state index in [2.05, 4.69) is 25.2 Å². The summed E-state index contributed by atoms with van der Waals surface area (Å²) >= 11 is 0. The highest BCUT2D eigenvalue weighted by atomic mass is 32.2. The fraction of sp³-hybridized carbons (Fsp3) is 0.489. The second-order valence-corrected chi connectivity index (χ2v) is 19.2. The number of piperidine rings is 2. The minimum Gasteiger partial charge on any atom is -0.453 e. The first-order chi connectivity index (χ1) is 30.8. The third-order valence-electron chi connectivity index (χ3n) is 13.7. The second kappa shape index (κ2) is 17.8. The molecular formula is C45H50F2N8O8S. The summed E-state index contributed by atoms with van der Waals surface area (Å²) in [5, 5.41) is 15.6. The Morgan fingerprint density at radius 2 is 1.75 bits per heavy atom. The third-order valence-corrected chi connectivity index (χ3v) is 15.2. The molecule has 64 heavy (non-hydrogen) atoms. The summed E-state index contributed by atoms with van der Waals surface area (Å²) in [7, 11) is -2.59. The summed E-state index contributed by atoms with van der Waals surface area (Å²) in [6.45, 7) is 2.39. The van der Waals surface area contributed by atoms with Crippen LogP contribution in [0.2, 0.25) is 0 Å². The number of aromatic nitrogens is 2. The van der Waals surface area contributed by atoms with Crippen molar-refractivity contribution in [3.8, 4) is 17.6 Å². The van der Waals surface area contributed by atoms with Crippen LogP contribution < -0.4 is 25.7 Å². The smallest absolute Gasteiger partial charge is 0.301 e. The lowest BCUT2D eigenvalue weighted by Gasteiger charge is -2.44. The molecule has 4 aliphatic heterocycles. The molecule has 5 aliphatic rings. The van der Waals surface area contributed by atoms with Gasteiger partial charge in [0.15, 0.2) is 11.6 Å². The molecule has 2 amide bonds. The number of anilines is 2. The van der Waals surface area contributed by atoms with Crippen LogP contribution in [0.4, 0.5) is 20.2 Å². The molecule has 1 spiro atoms. The van der Waals surface area contributed by atoms with E-state index >= 15 is 8.78 Å². The van der Waals surface area contributed by atoms with Crippen molar-refractivity contribution < 1.29 is 41.0 Å². The molecule has 5 heterocycles. The van der Waals surface area contributed by atoms with E-state index in [4.69, 9.17) is 14.2 Å². The zero-order chi connectivity index (χ0) is 44.8. The minimum atomic E-state index is -4.09. The van der Waals surface area contributed by atoms with E-state index < -0.39 is 33.7 Å². The summed E-state index contributed by atoms with van der Waals surface area (Å²) in [6, 6.07) is 13.2. The molecule has 4 aromatic rings.